The molecule has 0 N–H and O–H groups in total. The minimum atomic E-state index is 0.874. The molecule has 3 heteroatoms. The van der Waals surface area contributed by atoms with Gasteiger partial charge in [-0.2, -0.15) is 0 Å². The molecule has 38 valence electrons. The quantitative estimate of drug-likeness (QED) is 0.506. The van der Waals surface area contributed by atoms with Gasteiger partial charge in [-0.1, -0.05) is 0 Å². The highest BCUT2D eigenvalue weighted by molar-refractivity contribution is 9.11. The molecule has 0 atom stereocenters. The zero-order chi connectivity index (χ0) is 5.11. The van der Waals surface area contributed by atoms with Crippen LogP contribution in [0.15, 0.2) is 23.1 Å². The van der Waals surface area contributed by atoms with Gasteiger partial charge in [-0.25, -0.2) is 0 Å². The smallest absolute Gasteiger partial charge is 0.157 e. The standard InChI is InChI=1S/C4H3BrO2/c5-4-1-2-6-7-3-4/h1-3H. The summed E-state index contributed by atoms with van der Waals surface area (Å²) in [5.41, 5.74) is 0. The van der Waals surface area contributed by atoms with E-state index in [2.05, 4.69) is 25.7 Å². The van der Waals surface area contributed by atoms with Gasteiger partial charge in [0.05, 0.1) is 4.48 Å². The third-order valence-corrected chi connectivity index (χ3v) is 0.950. The van der Waals surface area contributed by atoms with E-state index in [-0.39, 0.29) is 0 Å². The van der Waals surface area contributed by atoms with E-state index < -0.39 is 0 Å². The van der Waals surface area contributed by atoms with E-state index in [0.29, 0.717) is 0 Å². The largest absolute Gasteiger partial charge is 0.298 e. The summed E-state index contributed by atoms with van der Waals surface area (Å²) in [6.07, 6.45) is 4.65. The van der Waals surface area contributed by atoms with E-state index in [1.54, 1.807) is 6.08 Å². The number of hydrogen-bond donors (Lipinski definition) is 0. The lowest BCUT2D eigenvalue weighted by Crippen LogP contribution is -1.82. The minimum Gasteiger partial charge on any atom is -0.298 e. The maximum absolute atomic E-state index is 4.39. The van der Waals surface area contributed by atoms with Gasteiger partial charge in [-0.3, -0.25) is 9.78 Å². The first-order valence-corrected chi connectivity index (χ1v) is 2.53. The Bertz CT molecular complexity index is 117. The topological polar surface area (TPSA) is 18.5 Å². The van der Waals surface area contributed by atoms with Crippen LogP contribution in [0.4, 0.5) is 0 Å². The van der Waals surface area contributed by atoms with E-state index in [0.717, 1.165) is 4.48 Å². The molecule has 7 heavy (non-hydrogen) atoms. The van der Waals surface area contributed by atoms with Crippen LogP contribution in [0.5, 0.6) is 0 Å². The molecular weight excluding hydrogens is 160 g/mol. The van der Waals surface area contributed by atoms with Crippen LogP contribution in [0.25, 0.3) is 0 Å². The predicted molar refractivity (Wildman–Crippen MR) is 28.3 cm³/mol. The van der Waals surface area contributed by atoms with Crippen molar-refractivity contribution in [1.29, 1.82) is 0 Å². The van der Waals surface area contributed by atoms with Crippen molar-refractivity contribution in [3.63, 3.8) is 0 Å². The van der Waals surface area contributed by atoms with Gasteiger partial charge in [-0.15, -0.1) is 0 Å². The highest BCUT2D eigenvalue weighted by Crippen LogP contribution is 2.10. The van der Waals surface area contributed by atoms with Crippen LogP contribution in [0, 0.1) is 0 Å². The number of halogens is 1. The lowest BCUT2D eigenvalue weighted by atomic mass is 10.6. The van der Waals surface area contributed by atoms with E-state index in [1.165, 1.54) is 12.5 Å². The molecule has 0 bridgehead atoms. The molecule has 0 aliphatic carbocycles. The van der Waals surface area contributed by atoms with Gasteiger partial charge in [0.15, 0.2) is 6.26 Å². The van der Waals surface area contributed by atoms with Gasteiger partial charge in [0.25, 0.3) is 0 Å². The molecule has 0 amide bonds. The summed E-state index contributed by atoms with van der Waals surface area (Å²) in [7, 11) is 0. The Morgan fingerprint density at radius 1 is 1.43 bits per heavy atom. The number of hydrogen-bond acceptors (Lipinski definition) is 2. The zero-order valence-electron chi connectivity index (χ0n) is 3.43. The van der Waals surface area contributed by atoms with Crippen LogP contribution < -0.4 is 0 Å². The lowest BCUT2D eigenvalue weighted by Gasteiger charge is -1.98. The molecule has 1 heterocycles. The van der Waals surface area contributed by atoms with Crippen molar-refractivity contribution < 1.29 is 9.78 Å². The summed E-state index contributed by atoms with van der Waals surface area (Å²) in [6.45, 7) is 0. The Morgan fingerprint density at radius 3 is 2.57 bits per heavy atom. The molecule has 0 unspecified atom stereocenters. The van der Waals surface area contributed by atoms with Crippen LogP contribution in [0.2, 0.25) is 0 Å². The van der Waals surface area contributed by atoms with E-state index in [9.17, 15) is 0 Å². The molecule has 0 aromatic rings. The molecule has 0 aromatic carbocycles. The third-order valence-electron chi connectivity index (χ3n) is 0.499. The molecule has 0 saturated heterocycles. The zero-order valence-corrected chi connectivity index (χ0v) is 5.01. The molecule has 1 rings (SSSR count). The average molecular weight is 163 g/mol. The Kier molecular flexibility index (Phi) is 1.36. The van der Waals surface area contributed by atoms with Crippen LogP contribution in [-0.4, -0.2) is 0 Å². The SMILES string of the molecule is BrC1=COOC=C1. The van der Waals surface area contributed by atoms with Crippen molar-refractivity contribution in [3.8, 4) is 0 Å². The van der Waals surface area contributed by atoms with Crippen molar-refractivity contribution in [3.05, 3.63) is 23.1 Å². The van der Waals surface area contributed by atoms with Crippen LogP contribution >= 0.6 is 15.9 Å². The van der Waals surface area contributed by atoms with Crippen molar-refractivity contribution in [2.75, 3.05) is 0 Å². The van der Waals surface area contributed by atoms with Crippen molar-refractivity contribution in [2.45, 2.75) is 0 Å². The Balaban J connectivity index is 2.58. The molecule has 0 aromatic heterocycles. The average Bonchev–Trinajstić information content (AvgIpc) is 1.69. The molecule has 2 nitrogen and oxygen atoms in total. The second kappa shape index (κ2) is 2.02. The van der Waals surface area contributed by atoms with Crippen molar-refractivity contribution in [2.24, 2.45) is 0 Å². The normalized spacial score (nSPS) is 17.0. The second-order valence-corrected chi connectivity index (χ2v) is 1.91. The van der Waals surface area contributed by atoms with Crippen LogP contribution in [0.1, 0.15) is 0 Å². The second-order valence-electron chi connectivity index (χ2n) is 0.998. The van der Waals surface area contributed by atoms with E-state index in [4.69, 9.17) is 0 Å². The first-order chi connectivity index (χ1) is 3.39. The van der Waals surface area contributed by atoms with Crippen LogP contribution in [0.3, 0.4) is 0 Å². The van der Waals surface area contributed by atoms with Gasteiger partial charge in [0.2, 0.25) is 0 Å². The fourth-order valence-electron chi connectivity index (χ4n) is 0.238. The summed E-state index contributed by atoms with van der Waals surface area (Å²) in [5, 5.41) is 0. The number of rotatable bonds is 0. The summed E-state index contributed by atoms with van der Waals surface area (Å²) in [4.78, 5) is 8.74. The Morgan fingerprint density at radius 2 is 2.29 bits per heavy atom. The fraction of sp³-hybridized carbons (Fsp3) is 0. The first kappa shape index (κ1) is 4.71. The van der Waals surface area contributed by atoms with E-state index >= 15 is 0 Å². The summed E-state index contributed by atoms with van der Waals surface area (Å²) < 4.78 is 0.874. The molecule has 0 spiro atoms. The highest BCUT2D eigenvalue weighted by atomic mass is 79.9. The molecule has 1 aliphatic heterocycles. The predicted octanol–water partition coefficient (Wildman–Crippen LogP) is 1.70. The summed E-state index contributed by atoms with van der Waals surface area (Å²) in [5.74, 6) is 0. The Hall–Kier alpha value is -0.440. The third kappa shape index (κ3) is 1.23. The molecule has 0 radical (unpaired) electrons. The summed E-state index contributed by atoms with van der Waals surface area (Å²) >= 11 is 3.16. The number of allylic oxidation sites excluding steroid dienone is 2. The van der Waals surface area contributed by atoms with Crippen LogP contribution in [-0.2, 0) is 9.78 Å². The molecule has 0 fully saturated rings. The van der Waals surface area contributed by atoms with E-state index in [1.807, 2.05) is 0 Å². The van der Waals surface area contributed by atoms with Gasteiger partial charge >= 0.3 is 0 Å². The lowest BCUT2D eigenvalue weighted by molar-refractivity contribution is -0.198. The van der Waals surface area contributed by atoms with Crippen molar-refractivity contribution in [1.82, 2.24) is 0 Å². The Labute approximate surface area is 49.5 Å². The van der Waals surface area contributed by atoms with Gasteiger partial charge < -0.3 is 0 Å². The maximum atomic E-state index is 4.39. The maximum Gasteiger partial charge on any atom is 0.157 e. The minimum absolute atomic E-state index is 0.874. The molecule has 1 aliphatic rings. The van der Waals surface area contributed by atoms with Crippen molar-refractivity contribution >= 4 is 15.9 Å². The first-order valence-electron chi connectivity index (χ1n) is 1.74. The molecule has 0 saturated carbocycles. The van der Waals surface area contributed by atoms with Gasteiger partial charge in [0.1, 0.15) is 6.26 Å². The highest BCUT2D eigenvalue weighted by Gasteiger charge is 1.89. The monoisotopic (exact) mass is 162 g/mol. The fourth-order valence-corrected chi connectivity index (χ4v) is 0.422. The summed E-state index contributed by atoms with van der Waals surface area (Å²) in [6, 6.07) is 0. The van der Waals surface area contributed by atoms with Gasteiger partial charge in [0, 0.05) is 0 Å². The van der Waals surface area contributed by atoms with Gasteiger partial charge in [-0.05, 0) is 22.0 Å². The molecular formula is C4H3BrO2.